The number of thiophene rings is 1. The molecule has 1 unspecified atom stereocenters. The Bertz CT molecular complexity index is 494. The van der Waals surface area contributed by atoms with E-state index in [1.807, 2.05) is 11.4 Å². The number of hydrogen-bond donors (Lipinski definition) is 1. The molecule has 0 saturated carbocycles. The Morgan fingerprint density at radius 3 is 2.95 bits per heavy atom. The Morgan fingerprint density at radius 2 is 2.29 bits per heavy atom. The van der Waals surface area contributed by atoms with E-state index < -0.39 is 5.97 Å². The first kappa shape index (κ1) is 16.2. The normalized spacial score (nSPS) is 19.9. The quantitative estimate of drug-likeness (QED) is 0.787. The number of carboxylic acid groups (broad SMARTS) is 1. The highest BCUT2D eigenvalue weighted by Gasteiger charge is 2.26. The van der Waals surface area contributed by atoms with E-state index in [1.165, 1.54) is 17.4 Å². The number of carbonyl (C=O) groups is 1. The second-order valence-electron chi connectivity index (χ2n) is 5.37. The first-order valence-electron chi connectivity index (χ1n) is 7.57. The Kier molecular flexibility index (Phi) is 5.96. The molecule has 21 heavy (non-hydrogen) atoms. The number of rotatable bonds is 7. The number of aliphatic carboxylic acids is 1. The van der Waals surface area contributed by atoms with Gasteiger partial charge in [-0.3, -0.25) is 9.80 Å². The predicted molar refractivity (Wildman–Crippen MR) is 87.6 cm³/mol. The van der Waals surface area contributed by atoms with Crippen LogP contribution < -0.4 is 0 Å². The number of likely N-dealkylation sites (tertiary alicyclic amines) is 1. The zero-order valence-corrected chi connectivity index (χ0v) is 13.6. The molecule has 1 atom stereocenters. The third-order valence-corrected chi connectivity index (χ3v) is 5.05. The van der Waals surface area contributed by atoms with E-state index >= 15 is 0 Å². The summed E-state index contributed by atoms with van der Waals surface area (Å²) in [7, 11) is 0. The fourth-order valence-corrected chi connectivity index (χ4v) is 3.89. The minimum absolute atomic E-state index is 0.665. The van der Waals surface area contributed by atoms with Crippen molar-refractivity contribution in [2.75, 3.05) is 26.2 Å². The molecule has 2 rings (SSSR count). The first-order valence-corrected chi connectivity index (χ1v) is 8.45. The van der Waals surface area contributed by atoms with Crippen LogP contribution >= 0.6 is 11.3 Å². The summed E-state index contributed by atoms with van der Waals surface area (Å²) in [4.78, 5) is 16.9. The molecule has 1 fully saturated rings. The molecule has 1 aliphatic rings. The summed E-state index contributed by atoms with van der Waals surface area (Å²) in [5, 5.41) is 10.8. The van der Waals surface area contributed by atoms with Gasteiger partial charge in [0, 0.05) is 36.6 Å². The van der Waals surface area contributed by atoms with E-state index in [1.54, 1.807) is 17.4 Å². The van der Waals surface area contributed by atoms with E-state index in [9.17, 15) is 4.79 Å². The predicted octanol–water partition coefficient (Wildman–Crippen LogP) is 2.76. The number of nitrogens with zero attached hydrogens (tertiary/aromatic N) is 2. The van der Waals surface area contributed by atoms with E-state index in [4.69, 9.17) is 5.11 Å². The highest BCUT2D eigenvalue weighted by atomic mass is 32.1. The van der Waals surface area contributed by atoms with Crippen LogP contribution in [0, 0.1) is 0 Å². The molecular weight excluding hydrogens is 284 g/mol. The fourth-order valence-electron chi connectivity index (χ4n) is 2.99. The maximum atomic E-state index is 10.6. The first-order chi connectivity index (χ1) is 10.1. The van der Waals surface area contributed by atoms with Crippen LogP contribution in [0.1, 0.15) is 30.7 Å². The Hall–Kier alpha value is -1.17. The summed E-state index contributed by atoms with van der Waals surface area (Å²) in [5.74, 6) is -0.894. The van der Waals surface area contributed by atoms with Crippen LogP contribution in [0.5, 0.6) is 0 Å². The molecule has 1 aromatic rings. The average molecular weight is 308 g/mol. The third-order valence-electron chi connectivity index (χ3n) is 4.13. The number of hydrogen-bond acceptors (Lipinski definition) is 4. The van der Waals surface area contributed by atoms with Gasteiger partial charge in [-0.25, -0.2) is 4.79 Å². The molecule has 1 aliphatic heterocycles. The van der Waals surface area contributed by atoms with Gasteiger partial charge in [-0.1, -0.05) is 13.8 Å². The lowest BCUT2D eigenvalue weighted by molar-refractivity contribution is -0.131. The molecule has 0 bridgehead atoms. The molecular formula is C16H24N2O2S. The van der Waals surface area contributed by atoms with Crippen LogP contribution in [0.2, 0.25) is 0 Å². The Morgan fingerprint density at radius 1 is 1.52 bits per heavy atom. The van der Waals surface area contributed by atoms with Crippen LogP contribution in [0.3, 0.4) is 0 Å². The number of carboxylic acids is 1. The zero-order valence-electron chi connectivity index (χ0n) is 12.8. The summed E-state index contributed by atoms with van der Waals surface area (Å²) in [6, 6.07) is 2.66. The zero-order chi connectivity index (χ0) is 15.2. The Labute approximate surface area is 130 Å². The largest absolute Gasteiger partial charge is 0.478 e. The van der Waals surface area contributed by atoms with E-state index in [0.717, 1.165) is 38.3 Å². The van der Waals surface area contributed by atoms with Crippen molar-refractivity contribution in [2.24, 2.45) is 0 Å². The summed E-state index contributed by atoms with van der Waals surface area (Å²) in [6.45, 7) is 9.83. The smallest absolute Gasteiger partial charge is 0.328 e. The molecule has 0 radical (unpaired) electrons. The van der Waals surface area contributed by atoms with E-state index in [2.05, 4.69) is 23.6 Å². The van der Waals surface area contributed by atoms with Crippen molar-refractivity contribution in [3.8, 4) is 0 Å². The summed E-state index contributed by atoms with van der Waals surface area (Å²) in [5.41, 5.74) is 1.04. The van der Waals surface area contributed by atoms with Gasteiger partial charge in [-0.05, 0) is 42.6 Å². The summed E-state index contributed by atoms with van der Waals surface area (Å²) in [6.07, 6.45) is 4.15. The van der Waals surface area contributed by atoms with Crippen molar-refractivity contribution in [2.45, 2.75) is 32.9 Å². The molecule has 5 heteroatoms. The van der Waals surface area contributed by atoms with Crippen molar-refractivity contribution in [3.05, 3.63) is 28.0 Å². The van der Waals surface area contributed by atoms with Crippen LogP contribution in [0.4, 0.5) is 0 Å². The molecule has 4 nitrogen and oxygen atoms in total. The molecule has 0 spiro atoms. The lowest BCUT2D eigenvalue weighted by Crippen LogP contribution is -2.37. The maximum absolute atomic E-state index is 10.6. The van der Waals surface area contributed by atoms with Crippen molar-refractivity contribution in [3.63, 3.8) is 0 Å². The lowest BCUT2D eigenvalue weighted by Gasteiger charge is -2.26. The second kappa shape index (κ2) is 7.73. The topological polar surface area (TPSA) is 43.8 Å². The maximum Gasteiger partial charge on any atom is 0.328 e. The SMILES string of the molecule is CCN(CC)C1CCN(Cc2sccc2C=CC(=O)O)C1. The number of likely N-dealkylation sites (N-methyl/N-ethyl adjacent to an activating group) is 1. The molecule has 0 aromatic carbocycles. The molecule has 2 heterocycles. The standard InChI is InChI=1S/C16H24N2O2S/c1-3-18(4-2)14-7-9-17(11-14)12-15-13(8-10-21-15)5-6-16(19)20/h5-6,8,10,14H,3-4,7,9,11-12H2,1-2H3,(H,19,20). The van der Waals surface area contributed by atoms with Gasteiger partial charge in [-0.2, -0.15) is 0 Å². The molecule has 1 saturated heterocycles. The van der Waals surface area contributed by atoms with Crippen molar-refractivity contribution >= 4 is 23.4 Å². The van der Waals surface area contributed by atoms with Crippen molar-refractivity contribution in [1.29, 1.82) is 0 Å². The summed E-state index contributed by atoms with van der Waals surface area (Å²) < 4.78 is 0. The minimum atomic E-state index is -0.894. The van der Waals surface area contributed by atoms with E-state index in [0.29, 0.717) is 6.04 Å². The van der Waals surface area contributed by atoms with Gasteiger partial charge in [0.1, 0.15) is 0 Å². The van der Waals surface area contributed by atoms with Crippen LogP contribution in [-0.4, -0.2) is 53.1 Å². The lowest BCUT2D eigenvalue weighted by atomic mass is 10.2. The van der Waals surface area contributed by atoms with Gasteiger partial charge >= 0.3 is 5.97 Å². The van der Waals surface area contributed by atoms with E-state index in [-0.39, 0.29) is 0 Å². The fraction of sp³-hybridized carbons (Fsp3) is 0.562. The third kappa shape index (κ3) is 4.40. The van der Waals surface area contributed by atoms with Gasteiger partial charge in [-0.15, -0.1) is 11.3 Å². The van der Waals surface area contributed by atoms with Crippen molar-refractivity contribution < 1.29 is 9.90 Å². The van der Waals surface area contributed by atoms with Crippen LogP contribution in [-0.2, 0) is 11.3 Å². The molecule has 116 valence electrons. The second-order valence-corrected chi connectivity index (χ2v) is 6.37. The molecule has 1 aromatic heterocycles. The van der Waals surface area contributed by atoms with Gasteiger partial charge in [0.15, 0.2) is 0 Å². The highest BCUT2D eigenvalue weighted by Crippen LogP contribution is 2.24. The van der Waals surface area contributed by atoms with Crippen LogP contribution in [0.15, 0.2) is 17.5 Å². The molecule has 0 aliphatic carbocycles. The minimum Gasteiger partial charge on any atom is -0.478 e. The Balaban J connectivity index is 1.95. The van der Waals surface area contributed by atoms with Gasteiger partial charge in [0.25, 0.3) is 0 Å². The summed E-state index contributed by atoms with van der Waals surface area (Å²) >= 11 is 1.71. The van der Waals surface area contributed by atoms with Gasteiger partial charge in [0.2, 0.25) is 0 Å². The van der Waals surface area contributed by atoms with Gasteiger partial charge < -0.3 is 5.11 Å². The molecule has 1 N–H and O–H groups in total. The van der Waals surface area contributed by atoms with Crippen molar-refractivity contribution in [1.82, 2.24) is 9.80 Å². The van der Waals surface area contributed by atoms with Crippen LogP contribution in [0.25, 0.3) is 6.08 Å². The highest BCUT2D eigenvalue weighted by molar-refractivity contribution is 7.10. The average Bonchev–Trinajstić information content (AvgIpc) is 3.08. The molecule has 0 amide bonds. The monoisotopic (exact) mass is 308 g/mol. The van der Waals surface area contributed by atoms with Gasteiger partial charge in [0.05, 0.1) is 0 Å².